The summed E-state index contributed by atoms with van der Waals surface area (Å²) in [4.78, 5) is 11.3. The van der Waals surface area contributed by atoms with Gasteiger partial charge in [-0.15, -0.1) is 0 Å². The molecule has 0 bridgehead atoms. The maximum Gasteiger partial charge on any atom is 1.00 e. The summed E-state index contributed by atoms with van der Waals surface area (Å²) in [5.74, 6) is 0. The molecule has 0 saturated heterocycles. The number of rotatable bonds is 3. The molecule has 2 amide bonds. The van der Waals surface area contributed by atoms with Crippen molar-refractivity contribution in [1.29, 1.82) is 0 Å². The van der Waals surface area contributed by atoms with Crippen molar-refractivity contribution in [2.75, 3.05) is 7.05 Å². The van der Waals surface area contributed by atoms with Crippen LogP contribution in [0.2, 0.25) is 0 Å². The molecule has 0 N–H and O–H groups in total. The zero-order valence-electron chi connectivity index (χ0n) is 13.4. The van der Waals surface area contributed by atoms with Crippen molar-refractivity contribution in [2.45, 2.75) is 16.5 Å². The first-order valence-electron chi connectivity index (χ1n) is 4.96. The average molecular weight is 494 g/mol. The minimum absolute atomic E-state index is 0. The molecule has 0 aromatic heterocycles. The van der Waals surface area contributed by atoms with E-state index in [0.717, 1.165) is 0 Å². The van der Waals surface area contributed by atoms with E-state index in [0.29, 0.717) is 0 Å². The predicted molar refractivity (Wildman–Crippen MR) is 61.0 cm³/mol. The Hall–Kier alpha value is -0.510. The van der Waals surface area contributed by atoms with Gasteiger partial charge < -0.3 is 1.43 Å². The van der Waals surface area contributed by atoms with Crippen LogP contribution in [-0.2, 0) is 30.1 Å². The third kappa shape index (κ3) is 5.10. The quantitative estimate of drug-likeness (QED) is 0.329. The summed E-state index contributed by atoms with van der Waals surface area (Å²) >= 11 is 0. The van der Waals surface area contributed by atoms with Gasteiger partial charge in [0.25, 0.3) is 0 Å². The smallest absolute Gasteiger partial charge is 1.00 e. The molecule has 0 radical (unpaired) electrons. The molecule has 0 aromatic rings. The molecule has 158 valence electrons. The number of amides is 2. The number of carbonyl (C=O) groups excluding carboxylic acids is 1. The Morgan fingerprint density at radius 1 is 0.667 bits per heavy atom. The van der Waals surface area contributed by atoms with Crippen molar-refractivity contribution in [3.8, 4) is 0 Å². The molecule has 0 aliphatic heterocycles. The van der Waals surface area contributed by atoms with E-state index >= 15 is 0 Å². The number of nitrogens with zero attached hydrogens (tertiary/aromatic N) is 2. The molecule has 0 saturated carbocycles. The summed E-state index contributed by atoms with van der Waals surface area (Å²) in [5, 5.41) is 0. The van der Waals surface area contributed by atoms with Gasteiger partial charge in [-0.2, -0.15) is 64.8 Å². The number of hydrogen-bond donors (Lipinski definition) is 0. The number of urea groups is 1. The van der Waals surface area contributed by atoms with E-state index in [9.17, 15) is 69.6 Å². The van der Waals surface area contributed by atoms with Gasteiger partial charge in [-0.05, 0) is 0 Å². The second-order valence-corrected chi connectivity index (χ2v) is 9.55. The first-order chi connectivity index (χ1) is 10.9. The van der Waals surface area contributed by atoms with E-state index in [1.54, 1.807) is 0 Å². The minimum atomic E-state index is -7.83. The van der Waals surface area contributed by atoms with Crippen LogP contribution in [0, 0.1) is 0 Å². The van der Waals surface area contributed by atoms with Gasteiger partial charge in [-0.3, -0.25) is 0 Å². The van der Waals surface area contributed by atoms with Crippen LogP contribution in [0.1, 0.15) is 1.43 Å². The summed E-state index contributed by atoms with van der Waals surface area (Å²) < 4.78 is 171. The van der Waals surface area contributed by atoms with Crippen molar-refractivity contribution in [3.63, 3.8) is 0 Å². The van der Waals surface area contributed by atoms with Gasteiger partial charge in [0.15, 0.2) is 0 Å². The second kappa shape index (κ2) is 7.72. The van der Waals surface area contributed by atoms with E-state index in [-0.39, 0.29) is 31.0 Å². The fourth-order valence-electron chi connectivity index (χ4n) is 0.896. The van der Waals surface area contributed by atoms with Crippen LogP contribution in [0.3, 0.4) is 0 Å². The zero-order chi connectivity index (χ0) is 21.7. The largest absolute Gasteiger partial charge is 1.00 e. The Morgan fingerprint density at radius 2 is 0.889 bits per heavy atom. The van der Waals surface area contributed by atoms with Crippen LogP contribution < -0.4 is 29.6 Å². The summed E-state index contributed by atoms with van der Waals surface area (Å²) in [7, 11) is -23.3. The Morgan fingerprint density at radius 3 is 1.07 bits per heavy atom. The summed E-state index contributed by atoms with van der Waals surface area (Å²) in [6.45, 7) is 0. The fraction of sp³-hybridized carbons (Fsp3) is 0.800. The van der Waals surface area contributed by atoms with Crippen LogP contribution >= 0.6 is 0 Å². The van der Waals surface area contributed by atoms with Gasteiger partial charge >= 0.3 is 82.2 Å². The van der Waals surface area contributed by atoms with Crippen LogP contribution in [-0.4, -0.2) is 62.9 Å². The van der Waals surface area contributed by atoms with Crippen molar-refractivity contribution in [3.05, 3.63) is 0 Å². The zero-order valence-corrected chi connectivity index (χ0v) is 16.8. The number of sulfonamides is 3. The van der Waals surface area contributed by atoms with Crippen LogP contribution in [0.4, 0.5) is 44.3 Å². The van der Waals surface area contributed by atoms with Crippen molar-refractivity contribution >= 4 is 36.1 Å². The standard InChI is InChI=1S/C5H3F9N2O7S3.Na.H/c1-15(24(18,19)3(6,7)8)2(17)16(25(20,21)4(9,10)11)26(22,23)5(12,13)14;;/h1H3;;/q;+1;-1. The third-order valence-corrected chi connectivity index (χ3v) is 7.10. The third-order valence-electron chi connectivity index (χ3n) is 2.10. The molecule has 0 aliphatic carbocycles. The molecule has 0 aliphatic rings. The van der Waals surface area contributed by atoms with E-state index in [4.69, 9.17) is 0 Å². The van der Waals surface area contributed by atoms with Gasteiger partial charge in [0.2, 0.25) is 0 Å². The molecule has 22 heteroatoms. The molecule has 0 fully saturated rings. The van der Waals surface area contributed by atoms with Crippen molar-refractivity contribution < 1.29 is 101 Å². The van der Waals surface area contributed by atoms with Gasteiger partial charge in [0, 0.05) is 7.05 Å². The molecule has 27 heavy (non-hydrogen) atoms. The molecular weight excluding hydrogens is 490 g/mol. The molecule has 0 aromatic carbocycles. The Balaban J connectivity index is -0.00000312. The number of hydrogen-bond acceptors (Lipinski definition) is 7. The molecule has 0 rings (SSSR count). The van der Waals surface area contributed by atoms with Gasteiger partial charge in [0.1, 0.15) is 0 Å². The van der Waals surface area contributed by atoms with Crippen molar-refractivity contribution in [2.24, 2.45) is 0 Å². The molecule has 0 spiro atoms. The van der Waals surface area contributed by atoms with Crippen LogP contribution in [0.25, 0.3) is 0 Å². The first kappa shape index (κ1) is 28.7. The summed E-state index contributed by atoms with van der Waals surface area (Å²) in [6.07, 6.45) is 0. The number of halogens is 9. The SMILES string of the molecule is CN(C(=O)N(S(=O)(=O)C(F)(F)F)S(=O)(=O)C(F)(F)F)S(=O)(=O)C(F)(F)F.[H-].[Na+]. The van der Waals surface area contributed by atoms with Gasteiger partial charge in [0.05, 0.1) is 0 Å². The monoisotopic (exact) mass is 494 g/mol. The Bertz CT molecular complexity index is 848. The van der Waals surface area contributed by atoms with Crippen LogP contribution in [0.15, 0.2) is 0 Å². The number of alkyl halides is 9. The van der Waals surface area contributed by atoms with E-state index in [1.165, 1.54) is 0 Å². The second-order valence-electron chi connectivity index (χ2n) is 3.80. The average Bonchev–Trinajstić information content (AvgIpc) is 2.32. The summed E-state index contributed by atoms with van der Waals surface area (Å²) in [6, 6.07) is -3.82. The van der Waals surface area contributed by atoms with E-state index < -0.39 is 67.7 Å². The van der Waals surface area contributed by atoms with Gasteiger partial charge in [-0.25, -0.2) is 9.10 Å². The topological polar surface area (TPSA) is 126 Å². The summed E-state index contributed by atoms with van der Waals surface area (Å²) in [5.41, 5.74) is -20.4. The van der Waals surface area contributed by atoms with Crippen molar-refractivity contribution in [1.82, 2.24) is 8.02 Å². The maximum atomic E-state index is 12.4. The van der Waals surface area contributed by atoms with E-state index in [2.05, 4.69) is 0 Å². The molecule has 0 atom stereocenters. The first-order valence-corrected chi connectivity index (χ1v) is 9.28. The van der Waals surface area contributed by atoms with E-state index in [1.807, 2.05) is 0 Å². The fourth-order valence-corrected chi connectivity index (χ4v) is 4.17. The molecule has 0 unspecified atom stereocenters. The predicted octanol–water partition coefficient (Wildman–Crippen LogP) is -1.99. The molecular formula is C5H4F9N2NaO7S3. The van der Waals surface area contributed by atoms with Gasteiger partial charge in [-0.1, -0.05) is 3.71 Å². The Labute approximate surface area is 168 Å². The normalized spacial score (nSPS) is 14.3. The minimum Gasteiger partial charge on any atom is -1.00 e. The Kier molecular flexibility index (Phi) is 8.21. The molecule has 9 nitrogen and oxygen atoms in total. The number of carbonyl (C=O) groups is 1. The maximum absolute atomic E-state index is 12.4. The van der Waals surface area contributed by atoms with Crippen LogP contribution in [0.5, 0.6) is 0 Å². The molecule has 0 heterocycles.